The SMILES string of the molecule is c1cc(CNC2CCCN(c3cc(N4CCOCC4)ncn3)C2)c2[nH]ccc2c1. The Labute approximate surface area is 171 Å². The highest BCUT2D eigenvalue weighted by molar-refractivity contribution is 5.82. The van der Waals surface area contributed by atoms with Gasteiger partial charge in [0.05, 0.1) is 13.2 Å². The topological polar surface area (TPSA) is 69.3 Å². The summed E-state index contributed by atoms with van der Waals surface area (Å²) in [6, 6.07) is 11.2. The quantitative estimate of drug-likeness (QED) is 0.696. The molecule has 152 valence electrons. The number of piperidine rings is 1. The van der Waals surface area contributed by atoms with Gasteiger partial charge in [-0.25, -0.2) is 9.97 Å². The summed E-state index contributed by atoms with van der Waals surface area (Å²) in [5.74, 6) is 2.03. The summed E-state index contributed by atoms with van der Waals surface area (Å²) in [5.41, 5.74) is 2.56. The number of H-pyrrole nitrogens is 1. The number of aromatic nitrogens is 3. The standard InChI is InChI=1S/C22H28N6O/c1-3-17-6-7-23-22(17)18(4-1)14-24-19-5-2-8-28(15-19)21-13-20(25-16-26-21)27-9-11-29-12-10-27/h1,3-4,6-7,13,16,19,23-24H,2,5,8-12,14-15H2. The van der Waals surface area contributed by atoms with Crippen LogP contribution in [-0.2, 0) is 11.3 Å². The van der Waals surface area contributed by atoms with E-state index < -0.39 is 0 Å². The zero-order valence-corrected chi connectivity index (χ0v) is 16.7. The van der Waals surface area contributed by atoms with Gasteiger partial charge in [-0.05, 0) is 29.9 Å². The number of morpholine rings is 1. The third-order valence-electron chi connectivity index (χ3n) is 5.97. The number of anilines is 2. The molecule has 1 atom stereocenters. The fourth-order valence-corrected chi connectivity index (χ4v) is 4.38. The second-order valence-electron chi connectivity index (χ2n) is 7.86. The van der Waals surface area contributed by atoms with Crippen molar-refractivity contribution in [1.29, 1.82) is 0 Å². The number of nitrogens with zero attached hydrogens (tertiary/aromatic N) is 4. The fraction of sp³-hybridized carbons (Fsp3) is 0.455. The lowest BCUT2D eigenvalue weighted by molar-refractivity contribution is 0.122. The molecule has 2 aliphatic heterocycles. The third-order valence-corrected chi connectivity index (χ3v) is 5.97. The van der Waals surface area contributed by atoms with Gasteiger partial charge in [-0.3, -0.25) is 0 Å². The molecule has 7 heteroatoms. The maximum atomic E-state index is 5.46. The van der Waals surface area contributed by atoms with E-state index >= 15 is 0 Å². The van der Waals surface area contributed by atoms with E-state index in [4.69, 9.17) is 4.74 Å². The van der Waals surface area contributed by atoms with E-state index in [-0.39, 0.29) is 0 Å². The van der Waals surface area contributed by atoms with Crippen LogP contribution >= 0.6 is 0 Å². The first-order chi connectivity index (χ1) is 14.4. The maximum absolute atomic E-state index is 5.46. The van der Waals surface area contributed by atoms with Crippen LogP contribution in [-0.4, -0.2) is 60.4 Å². The lowest BCUT2D eigenvalue weighted by Crippen LogP contribution is -2.46. The molecule has 1 aromatic carbocycles. The molecular formula is C22H28N6O. The molecule has 3 aromatic rings. The number of fused-ring (bicyclic) bond motifs is 1. The molecule has 29 heavy (non-hydrogen) atoms. The predicted octanol–water partition coefficient (Wildman–Crippen LogP) is 2.55. The molecule has 2 saturated heterocycles. The van der Waals surface area contributed by atoms with Gasteiger partial charge in [-0.1, -0.05) is 18.2 Å². The molecule has 5 rings (SSSR count). The van der Waals surface area contributed by atoms with Crippen LogP contribution in [0, 0.1) is 0 Å². The first kappa shape index (κ1) is 18.4. The van der Waals surface area contributed by atoms with Gasteiger partial charge in [-0.2, -0.15) is 0 Å². The first-order valence-corrected chi connectivity index (χ1v) is 10.5. The Hall–Kier alpha value is -2.64. The van der Waals surface area contributed by atoms with Crippen molar-refractivity contribution in [3.63, 3.8) is 0 Å². The van der Waals surface area contributed by atoms with Gasteiger partial charge in [0, 0.05) is 56.5 Å². The molecule has 4 heterocycles. The first-order valence-electron chi connectivity index (χ1n) is 10.5. The molecular weight excluding hydrogens is 364 g/mol. The number of nitrogens with one attached hydrogen (secondary N) is 2. The smallest absolute Gasteiger partial charge is 0.134 e. The summed E-state index contributed by atoms with van der Waals surface area (Å²) in [6.07, 6.45) is 6.07. The van der Waals surface area contributed by atoms with Crippen molar-refractivity contribution < 1.29 is 4.74 Å². The molecule has 0 spiro atoms. The number of aromatic amines is 1. The molecule has 0 aliphatic carbocycles. The van der Waals surface area contributed by atoms with Crippen LogP contribution in [0.15, 0.2) is 42.9 Å². The monoisotopic (exact) mass is 392 g/mol. The summed E-state index contributed by atoms with van der Waals surface area (Å²) < 4.78 is 5.46. The normalized spacial score (nSPS) is 20.3. The van der Waals surface area contributed by atoms with Crippen molar-refractivity contribution in [1.82, 2.24) is 20.3 Å². The summed E-state index contributed by atoms with van der Waals surface area (Å²) in [6.45, 7) is 6.21. The molecule has 1 unspecified atom stereocenters. The molecule has 0 amide bonds. The minimum Gasteiger partial charge on any atom is -0.378 e. The third kappa shape index (κ3) is 4.06. The Bertz CT molecular complexity index is 951. The van der Waals surface area contributed by atoms with Gasteiger partial charge in [0.1, 0.15) is 18.0 Å². The number of para-hydroxylation sites is 1. The van der Waals surface area contributed by atoms with Crippen molar-refractivity contribution in [3.05, 3.63) is 48.4 Å². The van der Waals surface area contributed by atoms with Crippen molar-refractivity contribution in [3.8, 4) is 0 Å². The van der Waals surface area contributed by atoms with Gasteiger partial charge < -0.3 is 24.8 Å². The largest absolute Gasteiger partial charge is 0.378 e. The Morgan fingerprint density at radius 1 is 1.07 bits per heavy atom. The van der Waals surface area contributed by atoms with Crippen LogP contribution in [0.5, 0.6) is 0 Å². The molecule has 2 aromatic heterocycles. The predicted molar refractivity (Wildman–Crippen MR) is 115 cm³/mol. The number of benzene rings is 1. The molecule has 2 aliphatic rings. The van der Waals surface area contributed by atoms with E-state index in [0.717, 1.165) is 57.6 Å². The summed E-state index contributed by atoms with van der Waals surface area (Å²) in [7, 11) is 0. The molecule has 2 N–H and O–H groups in total. The van der Waals surface area contributed by atoms with Crippen LogP contribution in [0.2, 0.25) is 0 Å². The Morgan fingerprint density at radius 3 is 2.83 bits per heavy atom. The highest BCUT2D eigenvalue weighted by Gasteiger charge is 2.22. The average molecular weight is 393 g/mol. The van der Waals surface area contributed by atoms with E-state index in [2.05, 4.69) is 60.4 Å². The van der Waals surface area contributed by atoms with Crippen molar-refractivity contribution in [2.45, 2.75) is 25.4 Å². The number of hydrogen-bond donors (Lipinski definition) is 2. The van der Waals surface area contributed by atoms with E-state index in [1.807, 2.05) is 6.20 Å². The maximum Gasteiger partial charge on any atom is 0.134 e. The van der Waals surface area contributed by atoms with Crippen molar-refractivity contribution >= 4 is 22.5 Å². The zero-order valence-electron chi connectivity index (χ0n) is 16.7. The number of hydrogen-bond acceptors (Lipinski definition) is 6. The van der Waals surface area contributed by atoms with Crippen molar-refractivity contribution in [2.24, 2.45) is 0 Å². The second-order valence-corrected chi connectivity index (χ2v) is 7.86. The second kappa shape index (κ2) is 8.39. The summed E-state index contributed by atoms with van der Waals surface area (Å²) >= 11 is 0. The van der Waals surface area contributed by atoms with Gasteiger partial charge in [-0.15, -0.1) is 0 Å². The molecule has 7 nitrogen and oxygen atoms in total. The van der Waals surface area contributed by atoms with Crippen LogP contribution < -0.4 is 15.1 Å². The number of rotatable bonds is 5. The lowest BCUT2D eigenvalue weighted by atomic mass is 10.0. The minimum atomic E-state index is 0.454. The zero-order chi connectivity index (χ0) is 19.5. The lowest BCUT2D eigenvalue weighted by Gasteiger charge is -2.35. The molecule has 0 saturated carbocycles. The Morgan fingerprint density at radius 2 is 1.93 bits per heavy atom. The fourth-order valence-electron chi connectivity index (χ4n) is 4.38. The number of ether oxygens (including phenoxy) is 1. The Kier molecular flexibility index (Phi) is 5.32. The molecule has 0 radical (unpaired) electrons. The van der Waals surface area contributed by atoms with Gasteiger partial charge in [0.25, 0.3) is 0 Å². The molecule has 0 bridgehead atoms. The van der Waals surface area contributed by atoms with Gasteiger partial charge in [0.2, 0.25) is 0 Å². The van der Waals surface area contributed by atoms with Crippen LogP contribution in [0.4, 0.5) is 11.6 Å². The van der Waals surface area contributed by atoms with E-state index in [9.17, 15) is 0 Å². The van der Waals surface area contributed by atoms with Crippen LogP contribution in [0.25, 0.3) is 10.9 Å². The average Bonchev–Trinajstić information content (AvgIpc) is 3.28. The summed E-state index contributed by atoms with van der Waals surface area (Å²) in [5, 5.41) is 5.04. The minimum absolute atomic E-state index is 0.454. The van der Waals surface area contributed by atoms with Gasteiger partial charge >= 0.3 is 0 Å². The van der Waals surface area contributed by atoms with E-state index in [1.54, 1.807) is 6.33 Å². The highest BCUT2D eigenvalue weighted by atomic mass is 16.5. The Balaban J connectivity index is 1.24. The molecule has 2 fully saturated rings. The highest BCUT2D eigenvalue weighted by Crippen LogP contribution is 2.23. The van der Waals surface area contributed by atoms with E-state index in [0.29, 0.717) is 6.04 Å². The van der Waals surface area contributed by atoms with E-state index in [1.165, 1.54) is 29.3 Å². The van der Waals surface area contributed by atoms with Crippen molar-refractivity contribution in [2.75, 3.05) is 49.2 Å². The van der Waals surface area contributed by atoms with Crippen LogP contribution in [0.1, 0.15) is 18.4 Å². The van der Waals surface area contributed by atoms with Gasteiger partial charge in [0.15, 0.2) is 0 Å². The summed E-state index contributed by atoms with van der Waals surface area (Å²) in [4.78, 5) is 17.1. The van der Waals surface area contributed by atoms with Crippen LogP contribution in [0.3, 0.4) is 0 Å².